The Labute approximate surface area is 98.5 Å². The van der Waals surface area contributed by atoms with Crippen molar-refractivity contribution in [3.05, 3.63) is 53.1 Å². The Morgan fingerprint density at radius 3 is 2.12 bits per heavy atom. The van der Waals surface area contributed by atoms with Gasteiger partial charge in [0.25, 0.3) is 0 Å². The summed E-state index contributed by atoms with van der Waals surface area (Å²) in [7, 11) is 0. The number of benzene rings is 1. The van der Waals surface area contributed by atoms with Crippen molar-refractivity contribution in [3.8, 4) is 0 Å². The molecule has 0 heterocycles. The fraction of sp³-hybridized carbons (Fsp3) is 0.0769. The zero-order valence-electron chi connectivity index (χ0n) is 9.25. The number of carboxylic acids is 2. The monoisotopic (exact) mass is 232 g/mol. The van der Waals surface area contributed by atoms with Crippen molar-refractivity contribution in [3.63, 3.8) is 0 Å². The molecule has 0 atom stereocenters. The normalized spacial score (nSPS) is 12.3. The van der Waals surface area contributed by atoms with Gasteiger partial charge in [-0.1, -0.05) is 36.4 Å². The maximum atomic E-state index is 10.9. The molecule has 0 amide bonds. The highest BCUT2D eigenvalue weighted by atomic mass is 16.4. The average molecular weight is 232 g/mol. The van der Waals surface area contributed by atoms with Crippen LogP contribution in [-0.4, -0.2) is 22.2 Å². The minimum Gasteiger partial charge on any atom is -0.478 e. The van der Waals surface area contributed by atoms with Gasteiger partial charge in [0.15, 0.2) is 0 Å². The van der Waals surface area contributed by atoms with Crippen LogP contribution in [0.15, 0.2) is 47.6 Å². The second kappa shape index (κ2) is 5.65. The van der Waals surface area contributed by atoms with E-state index >= 15 is 0 Å². The quantitative estimate of drug-likeness (QED) is 0.616. The predicted octanol–water partition coefficient (Wildman–Crippen LogP) is 2.19. The summed E-state index contributed by atoms with van der Waals surface area (Å²) in [6.07, 6.45) is 2.86. The number of carboxylic acid groups (broad SMARTS) is 2. The van der Waals surface area contributed by atoms with Gasteiger partial charge in [0.05, 0.1) is 5.57 Å². The van der Waals surface area contributed by atoms with Crippen LogP contribution < -0.4 is 0 Å². The van der Waals surface area contributed by atoms with Crippen LogP contribution in [-0.2, 0) is 9.59 Å². The maximum Gasteiger partial charge on any atom is 0.336 e. The molecule has 0 fully saturated rings. The standard InChI is InChI=1S/C13H12O4/c1-9(12(14)15)11(13(16)17)8-7-10-5-3-2-4-6-10/h2-8H,1H3,(H,14,15)(H,16,17)/b8-7+,11-9-. The first-order valence-corrected chi connectivity index (χ1v) is 4.93. The lowest BCUT2D eigenvalue weighted by Crippen LogP contribution is -2.07. The molecular weight excluding hydrogens is 220 g/mol. The van der Waals surface area contributed by atoms with E-state index in [0.717, 1.165) is 5.56 Å². The largest absolute Gasteiger partial charge is 0.478 e. The van der Waals surface area contributed by atoms with Crippen molar-refractivity contribution in [1.29, 1.82) is 0 Å². The highest BCUT2D eigenvalue weighted by Gasteiger charge is 2.12. The Morgan fingerprint density at radius 2 is 1.65 bits per heavy atom. The molecule has 1 rings (SSSR count). The molecule has 88 valence electrons. The molecule has 0 bridgehead atoms. The summed E-state index contributed by atoms with van der Waals surface area (Å²) in [5, 5.41) is 17.6. The molecule has 0 saturated carbocycles. The molecule has 4 nitrogen and oxygen atoms in total. The third-order valence-electron chi connectivity index (χ3n) is 2.20. The molecule has 17 heavy (non-hydrogen) atoms. The molecule has 2 N–H and O–H groups in total. The van der Waals surface area contributed by atoms with Crippen LogP contribution >= 0.6 is 0 Å². The number of rotatable bonds is 4. The van der Waals surface area contributed by atoms with Crippen molar-refractivity contribution in [2.75, 3.05) is 0 Å². The minimum atomic E-state index is -1.25. The molecule has 0 aromatic heterocycles. The number of carbonyl (C=O) groups is 2. The second-order valence-corrected chi connectivity index (χ2v) is 3.39. The molecular formula is C13H12O4. The minimum absolute atomic E-state index is 0.190. The zero-order chi connectivity index (χ0) is 12.8. The molecule has 1 aromatic rings. The average Bonchev–Trinajstić information content (AvgIpc) is 2.29. The van der Waals surface area contributed by atoms with Gasteiger partial charge in [-0.3, -0.25) is 0 Å². The van der Waals surface area contributed by atoms with Crippen molar-refractivity contribution in [1.82, 2.24) is 0 Å². The Morgan fingerprint density at radius 1 is 1.06 bits per heavy atom. The lowest BCUT2D eigenvalue weighted by atomic mass is 10.1. The van der Waals surface area contributed by atoms with Crippen molar-refractivity contribution in [2.45, 2.75) is 6.92 Å². The fourth-order valence-corrected chi connectivity index (χ4v) is 1.22. The van der Waals surface area contributed by atoms with Crippen molar-refractivity contribution >= 4 is 18.0 Å². The maximum absolute atomic E-state index is 10.9. The van der Waals surface area contributed by atoms with Crippen LogP contribution in [0.1, 0.15) is 12.5 Å². The van der Waals surface area contributed by atoms with Crippen molar-refractivity contribution in [2.24, 2.45) is 0 Å². The number of hydrogen-bond acceptors (Lipinski definition) is 2. The van der Waals surface area contributed by atoms with Crippen LogP contribution in [0.5, 0.6) is 0 Å². The van der Waals surface area contributed by atoms with Gasteiger partial charge in [-0.05, 0) is 18.6 Å². The summed E-state index contributed by atoms with van der Waals surface area (Å²) in [4.78, 5) is 21.6. The van der Waals surface area contributed by atoms with E-state index in [2.05, 4.69) is 0 Å². The van der Waals surface area contributed by atoms with Gasteiger partial charge < -0.3 is 10.2 Å². The lowest BCUT2D eigenvalue weighted by molar-refractivity contribution is -0.135. The van der Waals surface area contributed by atoms with Gasteiger partial charge in [-0.15, -0.1) is 0 Å². The zero-order valence-corrected chi connectivity index (χ0v) is 9.25. The van der Waals surface area contributed by atoms with Gasteiger partial charge in [0.2, 0.25) is 0 Å². The van der Waals surface area contributed by atoms with Crippen molar-refractivity contribution < 1.29 is 19.8 Å². The Balaban J connectivity index is 3.05. The summed E-state index contributed by atoms with van der Waals surface area (Å²) in [6, 6.07) is 9.06. The summed E-state index contributed by atoms with van der Waals surface area (Å²) in [5.41, 5.74) is 0.399. The summed E-state index contributed by atoms with van der Waals surface area (Å²) >= 11 is 0. The van der Waals surface area contributed by atoms with Gasteiger partial charge in [0, 0.05) is 5.57 Å². The van der Waals surface area contributed by atoms with E-state index < -0.39 is 11.9 Å². The second-order valence-electron chi connectivity index (χ2n) is 3.39. The molecule has 0 unspecified atom stereocenters. The lowest BCUT2D eigenvalue weighted by Gasteiger charge is -1.99. The number of aliphatic carboxylic acids is 2. The summed E-state index contributed by atoms with van der Waals surface area (Å²) < 4.78 is 0. The first kappa shape index (κ1) is 12.7. The Hall–Kier alpha value is -2.36. The fourth-order valence-electron chi connectivity index (χ4n) is 1.22. The first-order valence-electron chi connectivity index (χ1n) is 4.93. The predicted molar refractivity (Wildman–Crippen MR) is 63.4 cm³/mol. The molecule has 0 radical (unpaired) electrons. The van der Waals surface area contributed by atoms with E-state index in [4.69, 9.17) is 10.2 Å². The molecule has 0 saturated heterocycles. The first-order chi connectivity index (χ1) is 8.02. The van der Waals surface area contributed by atoms with Crippen LogP contribution in [0.2, 0.25) is 0 Å². The third-order valence-corrected chi connectivity index (χ3v) is 2.20. The van der Waals surface area contributed by atoms with Gasteiger partial charge in [-0.2, -0.15) is 0 Å². The molecule has 0 aliphatic heterocycles. The van der Waals surface area contributed by atoms with Gasteiger partial charge in [0.1, 0.15) is 0 Å². The Kier molecular flexibility index (Phi) is 4.22. The molecule has 0 spiro atoms. The van der Waals surface area contributed by atoms with Crippen LogP contribution in [0.4, 0.5) is 0 Å². The van der Waals surface area contributed by atoms with Crippen LogP contribution in [0.3, 0.4) is 0 Å². The van der Waals surface area contributed by atoms with Crippen LogP contribution in [0.25, 0.3) is 6.08 Å². The molecule has 4 heteroatoms. The van der Waals surface area contributed by atoms with E-state index in [1.165, 1.54) is 13.0 Å². The van der Waals surface area contributed by atoms with E-state index in [1.54, 1.807) is 18.2 Å². The highest BCUT2D eigenvalue weighted by Crippen LogP contribution is 2.10. The smallest absolute Gasteiger partial charge is 0.336 e. The van der Waals surface area contributed by atoms with E-state index in [1.807, 2.05) is 18.2 Å². The third kappa shape index (κ3) is 3.61. The Bertz CT molecular complexity index is 483. The van der Waals surface area contributed by atoms with Crippen LogP contribution in [0, 0.1) is 0 Å². The number of hydrogen-bond donors (Lipinski definition) is 2. The molecule has 0 aliphatic carbocycles. The van der Waals surface area contributed by atoms with Gasteiger partial charge >= 0.3 is 11.9 Å². The topological polar surface area (TPSA) is 74.6 Å². The SMILES string of the molecule is C/C(C(=O)O)=C(\C=C\c1ccccc1)C(=O)O. The van der Waals surface area contributed by atoms with Gasteiger partial charge in [-0.25, -0.2) is 9.59 Å². The highest BCUT2D eigenvalue weighted by molar-refractivity contribution is 6.01. The van der Waals surface area contributed by atoms with E-state index in [-0.39, 0.29) is 11.1 Å². The van der Waals surface area contributed by atoms with E-state index in [0.29, 0.717) is 0 Å². The molecule has 0 aliphatic rings. The van der Waals surface area contributed by atoms with E-state index in [9.17, 15) is 9.59 Å². The summed E-state index contributed by atoms with van der Waals surface area (Å²) in [5.74, 6) is -2.49. The molecule has 1 aromatic carbocycles. The summed E-state index contributed by atoms with van der Waals surface area (Å²) in [6.45, 7) is 1.26.